The Bertz CT molecular complexity index is 2280. The summed E-state index contributed by atoms with van der Waals surface area (Å²) in [5, 5.41) is 17.2. The summed E-state index contributed by atoms with van der Waals surface area (Å²) in [6.07, 6.45) is 6.09. The first-order valence-corrected chi connectivity index (χ1v) is 24.0. The van der Waals surface area contributed by atoms with Crippen LogP contribution >= 0.6 is 11.6 Å². The Hall–Kier alpha value is -4.92. The highest BCUT2D eigenvalue weighted by Gasteiger charge is 2.28. The average molecular weight is 1020 g/mol. The first-order chi connectivity index (χ1) is 34.8. The van der Waals surface area contributed by atoms with E-state index in [-0.39, 0.29) is 49.9 Å². The molecule has 0 radical (unpaired) electrons. The van der Waals surface area contributed by atoms with Gasteiger partial charge in [0.15, 0.2) is 23.5 Å². The zero-order valence-corrected chi connectivity index (χ0v) is 40.5. The Kier molecular flexibility index (Phi) is 24.6. The summed E-state index contributed by atoms with van der Waals surface area (Å²) in [6.45, 7) is 8.83. The van der Waals surface area contributed by atoms with Crippen LogP contribution < -0.4 is 10.1 Å². The fourth-order valence-corrected chi connectivity index (χ4v) is 7.16. The second-order valence-electron chi connectivity index (χ2n) is 15.8. The largest absolute Gasteiger partial charge is 0.420 e. The summed E-state index contributed by atoms with van der Waals surface area (Å²) in [5.74, 6) is -5.03. The highest BCUT2D eigenvalue weighted by atomic mass is 35.5. The van der Waals surface area contributed by atoms with Crippen molar-refractivity contribution in [2.24, 2.45) is 0 Å². The van der Waals surface area contributed by atoms with Crippen molar-refractivity contribution in [3.63, 3.8) is 0 Å². The minimum Gasteiger partial charge on any atom is -0.420 e. The molecule has 3 unspecified atom stereocenters. The lowest BCUT2D eigenvalue weighted by Gasteiger charge is -2.21. The highest BCUT2D eigenvalue weighted by molar-refractivity contribution is 6.28. The number of carbonyl (C=O) groups is 1. The van der Waals surface area contributed by atoms with Crippen LogP contribution in [0.4, 0.5) is 19.0 Å². The Balaban J connectivity index is 0.698. The third kappa shape index (κ3) is 19.6. The summed E-state index contributed by atoms with van der Waals surface area (Å²) >= 11 is 6.42. The maximum Gasteiger partial charge on any atom is 0.313 e. The van der Waals surface area contributed by atoms with Gasteiger partial charge in [-0.05, 0) is 36.4 Å². The minimum absolute atomic E-state index is 0.0476. The van der Waals surface area contributed by atoms with E-state index in [2.05, 4.69) is 42.4 Å². The van der Waals surface area contributed by atoms with E-state index in [9.17, 15) is 18.0 Å². The molecule has 1 saturated heterocycles. The van der Waals surface area contributed by atoms with Crippen LogP contribution in [0.5, 0.6) is 5.75 Å². The van der Waals surface area contributed by atoms with E-state index in [1.54, 1.807) is 21.8 Å². The van der Waals surface area contributed by atoms with Gasteiger partial charge in [0.2, 0.25) is 11.0 Å². The molecule has 0 spiro atoms. The zero-order chi connectivity index (χ0) is 49.9. The van der Waals surface area contributed by atoms with Crippen molar-refractivity contribution in [3.05, 3.63) is 88.9 Å². The molecule has 0 amide bonds. The maximum absolute atomic E-state index is 13.6. The van der Waals surface area contributed by atoms with E-state index >= 15 is 0 Å². The average Bonchev–Trinajstić information content (AvgIpc) is 4.14. The van der Waals surface area contributed by atoms with Gasteiger partial charge in [-0.25, -0.2) is 22.5 Å². The zero-order valence-electron chi connectivity index (χ0n) is 39.7. The number of esters is 1. The summed E-state index contributed by atoms with van der Waals surface area (Å²) in [5.41, 5.74) is 2.34. The first-order valence-electron chi connectivity index (χ1n) is 23.6. The van der Waals surface area contributed by atoms with Gasteiger partial charge in [-0.3, -0.25) is 4.79 Å². The summed E-state index contributed by atoms with van der Waals surface area (Å²) in [7, 11) is 0. The lowest BCUT2D eigenvalue weighted by molar-refractivity contribution is -0.136. The molecule has 390 valence electrons. The van der Waals surface area contributed by atoms with Crippen LogP contribution in [0.25, 0.3) is 11.0 Å². The number of aromatic nitrogens is 7. The molecule has 2 aromatic carbocycles. The van der Waals surface area contributed by atoms with Crippen LogP contribution in [0, 0.1) is 17.5 Å². The van der Waals surface area contributed by atoms with Gasteiger partial charge in [-0.2, -0.15) is 15.1 Å². The van der Waals surface area contributed by atoms with Crippen LogP contribution in [-0.2, 0) is 65.3 Å². The molecule has 3 atom stereocenters. The molecule has 0 bridgehead atoms. The Morgan fingerprint density at radius 2 is 1.37 bits per heavy atom. The van der Waals surface area contributed by atoms with Crippen LogP contribution in [0.2, 0.25) is 5.28 Å². The monoisotopic (exact) mass is 1020 g/mol. The number of halogens is 4. The molecular formula is C47H62ClF3N8O12. The standard InChI is InChI=1S/C47H62ClF3N8O12/c1-2-37-8-9-42(70-37)59-46-38(30-52-59)45(54-47(48)55-46)53-41(34-6-4-3-5-7-34)33-69-27-25-67-23-21-65-20-22-66-24-26-68-32-36-31-58(57-56-36)11-13-62-15-17-64-19-18-63-16-14-61-12-10-43(60)71-44-39(50)28-35(49)29-40(44)51/h3-7,28-31,37,41-42H,2,8-27,32-33H2,1H3,(H,53,54,55). The van der Waals surface area contributed by atoms with E-state index in [0.29, 0.717) is 135 Å². The fourth-order valence-electron chi connectivity index (χ4n) is 6.99. The molecule has 24 heteroatoms. The topological polar surface area (TPSA) is 205 Å². The van der Waals surface area contributed by atoms with Crippen molar-refractivity contribution in [2.45, 2.75) is 64.1 Å². The SMILES string of the molecule is CCC1CCC(n2ncc3c(NC(COCCOCCOCCOCCOCc4cn(CCOCCOCCOCCOCCC(=O)Oc5c(F)cc(F)cc5F)nn4)c4ccccc4)nc(Cl)nc32)O1. The predicted molar refractivity (Wildman–Crippen MR) is 249 cm³/mol. The normalized spacial score (nSPS) is 15.2. The second kappa shape index (κ2) is 31.5. The van der Waals surface area contributed by atoms with E-state index in [1.807, 2.05) is 30.3 Å². The maximum atomic E-state index is 13.6. The molecule has 1 aliphatic heterocycles. The summed E-state index contributed by atoms with van der Waals surface area (Å²) in [4.78, 5) is 20.8. The lowest BCUT2D eigenvalue weighted by Crippen LogP contribution is -2.20. The molecule has 0 aliphatic carbocycles. The Labute approximate surface area is 414 Å². The smallest absolute Gasteiger partial charge is 0.313 e. The number of carbonyl (C=O) groups excluding carboxylic acids is 1. The summed E-state index contributed by atoms with van der Waals surface area (Å²) < 4.78 is 105. The van der Waals surface area contributed by atoms with E-state index in [0.717, 1.165) is 30.2 Å². The first kappa shape index (κ1) is 55.4. The van der Waals surface area contributed by atoms with Crippen LogP contribution in [0.1, 0.15) is 56.1 Å². The van der Waals surface area contributed by atoms with Crippen molar-refractivity contribution in [1.82, 2.24) is 34.7 Å². The molecule has 71 heavy (non-hydrogen) atoms. The quantitative estimate of drug-likeness (QED) is 0.0207. The number of ether oxygens (including phenoxy) is 11. The van der Waals surface area contributed by atoms with Crippen molar-refractivity contribution >= 4 is 34.4 Å². The number of rotatable bonds is 37. The number of nitrogens with zero attached hydrogens (tertiary/aromatic N) is 7. The molecule has 20 nitrogen and oxygen atoms in total. The molecule has 1 aliphatic rings. The predicted octanol–water partition coefficient (Wildman–Crippen LogP) is 6.07. The van der Waals surface area contributed by atoms with Gasteiger partial charge in [0.1, 0.15) is 17.3 Å². The molecule has 3 aromatic heterocycles. The van der Waals surface area contributed by atoms with Gasteiger partial charge in [0, 0.05) is 12.1 Å². The lowest BCUT2D eigenvalue weighted by atomic mass is 10.1. The number of benzene rings is 2. The van der Waals surface area contributed by atoms with Gasteiger partial charge < -0.3 is 57.4 Å². The van der Waals surface area contributed by atoms with E-state index in [1.165, 1.54) is 0 Å². The third-order valence-electron chi connectivity index (χ3n) is 10.6. The summed E-state index contributed by atoms with van der Waals surface area (Å²) in [6, 6.07) is 10.6. The van der Waals surface area contributed by atoms with Crippen molar-refractivity contribution in [3.8, 4) is 5.75 Å². The van der Waals surface area contributed by atoms with Crippen molar-refractivity contribution < 1.29 is 70.1 Å². The van der Waals surface area contributed by atoms with Crippen molar-refractivity contribution in [2.75, 3.05) is 118 Å². The van der Waals surface area contributed by atoms with Crippen LogP contribution in [0.3, 0.4) is 0 Å². The molecular weight excluding hydrogens is 961 g/mol. The van der Waals surface area contributed by atoms with Gasteiger partial charge in [-0.1, -0.05) is 42.5 Å². The second-order valence-corrected chi connectivity index (χ2v) is 16.1. The van der Waals surface area contributed by atoms with Gasteiger partial charge in [-0.15, -0.1) is 5.10 Å². The van der Waals surface area contributed by atoms with Gasteiger partial charge in [0.05, 0.1) is 162 Å². The van der Waals surface area contributed by atoms with E-state index < -0.39 is 29.2 Å². The van der Waals surface area contributed by atoms with Crippen LogP contribution in [0.15, 0.2) is 54.9 Å². The molecule has 1 fully saturated rings. The van der Waals surface area contributed by atoms with E-state index in [4.69, 9.17) is 59.0 Å². The number of hydrogen-bond acceptors (Lipinski definition) is 18. The third-order valence-corrected chi connectivity index (χ3v) is 10.7. The van der Waals surface area contributed by atoms with Gasteiger partial charge in [0.25, 0.3) is 0 Å². The minimum atomic E-state index is -1.31. The molecule has 4 heterocycles. The molecule has 0 saturated carbocycles. The van der Waals surface area contributed by atoms with Crippen molar-refractivity contribution in [1.29, 1.82) is 0 Å². The number of anilines is 1. The van der Waals surface area contributed by atoms with Crippen LogP contribution in [-0.4, -0.2) is 159 Å². The molecule has 5 aromatic rings. The fraction of sp³-hybridized carbons (Fsp3) is 0.574. The Morgan fingerprint density at radius 1 is 0.775 bits per heavy atom. The van der Waals surface area contributed by atoms with Gasteiger partial charge >= 0.3 is 5.97 Å². The number of fused-ring (bicyclic) bond motifs is 1. The highest BCUT2D eigenvalue weighted by Crippen LogP contribution is 2.34. The number of hydrogen-bond donors (Lipinski definition) is 1. The molecule has 1 N–H and O–H groups in total. The Morgan fingerprint density at radius 3 is 1.99 bits per heavy atom. The molecule has 6 rings (SSSR count). The number of nitrogens with one attached hydrogen (secondary N) is 1.